The van der Waals surface area contributed by atoms with Crippen LogP contribution in [-0.4, -0.2) is 25.0 Å². The first-order valence-electron chi connectivity index (χ1n) is 5.36. The van der Waals surface area contributed by atoms with E-state index in [-0.39, 0.29) is 5.97 Å². The minimum absolute atomic E-state index is 0.268. The van der Waals surface area contributed by atoms with Crippen LogP contribution in [0.5, 0.6) is 0 Å². The summed E-state index contributed by atoms with van der Waals surface area (Å²) < 4.78 is 4.79. The Hall–Kier alpha value is -2.04. The number of esters is 1. The van der Waals surface area contributed by atoms with E-state index < -0.39 is 5.91 Å². The van der Waals surface area contributed by atoms with Gasteiger partial charge in [0.1, 0.15) is 0 Å². The maximum Gasteiger partial charge on any atom is 0.302 e. The van der Waals surface area contributed by atoms with Crippen LogP contribution in [0.15, 0.2) is 24.3 Å². The van der Waals surface area contributed by atoms with Crippen molar-refractivity contribution in [2.45, 2.75) is 13.3 Å². The maximum atomic E-state index is 10.8. The summed E-state index contributed by atoms with van der Waals surface area (Å²) in [5, 5.41) is 3.14. The van der Waals surface area contributed by atoms with Crippen LogP contribution in [0.1, 0.15) is 23.7 Å². The average molecular weight is 236 g/mol. The largest absolute Gasteiger partial charge is 0.466 e. The molecule has 0 spiro atoms. The summed E-state index contributed by atoms with van der Waals surface area (Å²) >= 11 is 0. The zero-order valence-electron chi connectivity index (χ0n) is 9.73. The third-order valence-corrected chi connectivity index (χ3v) is 2.12. The zero-order valence-corrected chi connectivity index (χ0v) is 9.73. The lowest BCUT2D eigenvalue weighted by atomic mass is 10.2. The van der Waals surface area contributed by atoms with Crippen LogP contribution in [0.3, 0.4) is 0 Å². The van der Waals surface area contributed by atoms with Gasteiger partial charge >= 0.3 is 5.97 Å². The zero-order chi connectivity index (χ0) is 12.7. The smallest absolute Gasteiger partial charge is 0.302 e. The third kappa shape index (κ3) is 5.01. The van der Waals surface area contributed by atoms with Crippen molar-refractivity contribution in [1.82, 2.24) is 0 Å². The summed E-state index contributed by atoms with van der Waals surface area (Å²) in [6.07, 6.45) is 0.733. The fraction of sp³-hybridized carbons (Fsp3) is 0.333. The molecule has 0 aliphatic heterocycles. The van der Waals surface area contributed by atoms with E-state index in [4.69, 9.17) is 10.5 Å². The topological polar surface area (TPSA) is 81.4 Å². The summed E-state index contributed by atoms with van der Waals surface area (Å²) in [5.74, 6) is -0.706. The second kappa shape index (κ2) is 6.52. The highest BCUT2D eigenvalue weighted by Crippen LogP contribution is 2.08. The highest BCUT2D eigenvalue weighted by Gasteiger charge is 1.99. The second-order valence-corrected chi connectivity index (χ2v) is 3.56. The van der Waals surface area contributed by atoms with Gasteiger partial charge in [0.2, 0.25) is 5.91 Å². The highest BCUT2D eigenvalue weighted by molar-refractivity contribution is 5.93. The molecular formula is C12H16N2O3. The molecule has 0 aromatic heterocycles. The number of carbonyl (C=O) groups is 2. The molecule has 1 amide bonds. The number of amides is 1. The Labute approximate surface area is 99.9 Å². The average Bonchev–Trinajstić information content (AvgIpc) is 2.29. The Kier molecular flexibility index (Phi) is 5.00. The number of nitrogens with two attached hydrogens (primary N) is 1. The SMILES string of the molecule is CC(=O)OCCCNc1ccc(C(N)=O)cc1. The van der Waals surface area contributed by atoms with E-state index in [1.54, 1.807) is 24.3 Å². The van der Waals surface area contributed by atoms with Crippen LogP contribution in [-0.2, 0) is 9.53 Å². The lowest BCUT2D eigenvalue weighted by Crippen LogP contribution is -2.11. The Morgan fingerprint density at radius 3 is 2.47 bits per heavy atom. The molecule has 0 saturated heterocycles. The minimum Gasteiger partial charge on any atom is -0.466 e. The molecule has 1 aromatic carbocycles. The second-order valence-electron chi connectivity index (χ2n) is 3.56. The summed E-state index contributed by atoms with van der Waals surface area (Å²) in [7, 11) is 0. The summed E-state index contributed by atoms with van der Waals surface area (Å²) in [6, 6.07) is 6.89. The lowest BCUT2D eigenvalue weighted by Gasteiger charge is -2.06. The van der Waals surface area contributed by atoms with E-state index >= 15 is 0 Å². The van der Waals surface area contributed by atoms with Crippen LogP contribution in [0, 0.1) is 0 Å². The molecule has 0 atom stereocenters. The summed E-state index contributed by atoms with van der Waals surface area (Å²) in [6.45, 7) is 2.49. The summed E-state index contributed by atoms with van der Waals surface area (Å²) in [5.41, 5.74) is 6.51. The van der Waals surface area contributed by atoms with E-state index in [0.717, 1.165) is 12.1 Å². The number of anilines is 1. The van der Waals surface area contributed by atoms with E-state index in [0.29, 0.717) is 18.7 Å². The standard InChI is InChI=1S/C12H16N2O3/c1-9(15)17-8-2-7-14-11-5-3-10(4-6-11)12(13)16/h3-6,14H,2,7-8H2,1H3,(H2,13,16). The first kappa shape index (κ1) is 13.0. The molecule has 0 unspecified atom stereocenters. The predicted molar refractivity (Wildman–Crippen MR) is 64.7 cm³/mol. The van der Waals surface area contributed by atoms with E-state index in [2.05, 4.69) is 5.32 Å². The van der Waals surface area contributed by atoms with Crippen molar-refractivity contribution in [3.63, 3.8) is 0 Å². The lowest BCUT2D eigenvalue weighted by molar-refractivity contribution is -0.140. The molecule has 0 saturated carbocycles. The third-order valence-electron chi connectivity index (χ3n) is 2.12. The van der Waals surface area contributed by atoms with Gasteiger partial charge in [-0.2, -0.15) is 0 Å². The van der Waals surface area contributed by atoms with Crippen LogP contribution in [0.4, 0.5) is 5.69 Å². The van der Waals surface area contributed by atoms with Crippen LogP contribution < -0.4 is 11.1 Å². The Bertz CT molecular complexity index is 387. The molecule has 5 nitrogen and oxygen atoms in total. The number of nitrogens with one attached hydrogen (secondary N) is 1. The number of primary amides is 1. The van der Waals surface area contributed by atoms with E-state index in [1.807, 2.05) is 0 Å². The quantitative estimate of drug-likeness (QED) is 0.573. The summed E-state index contributed by atoms with van der Waals surface area (Å²) in [4.78, 5) is 21.3. The van der Waals surface area contributed by atoms with E-state index in [1.165, 1.54) is 6.92 Å². The molecule has 3 N–H and O–H groups in total. The molecule has 0 radical (unpaired) electrons. The number of carbonyl (C=O) groups excluding carboxylic acids is 2. The molecule has 92 valence electrons. The van der Waals surface area contributed by atoms with Gasteiger partial charge in [-0.05, 0) is 30.7 Å². The van der Waals surface area contributed by atoms with Gasteiger partial charge < -0.3 is 15.8 Å². The van der Waals surface area contributed by atoms with Gasteiger partial charge in [0.05, 0.1) is 6.61 Å². The number of benzene rings is 1. The molecule has 1 aromatic rings. The van der Waals surface area contributed by atoms with Gasteiger partial charge in [0.25, 0.3) is 0 Å². The minimum atomic E-state index is -0.439. The Balaban J connectivity index is 2.27. The van der Waals surface area contributed by atoms with Gasteiger partial charge in [-0.1, -0.05) is 0 Å². The van der Waals surface area contributed by atoms with Crippen molar-refractivity contribution in [3.05, 3.63) is 29.8 Å². The van der Waals surface area contributed by atoms with Crippen molar-refractivity contribution >= 4 is 17.6 Å². The van der Waals surface area contributed by atoms with E-state index in [9.17, 15) is 9.59 Å². The molecule has 1 rings (SSSR count). The Morgan fingerprint density at radius 1 is 1.29 bits per heavy atom. The number of hydrogen-bond donors (Lipinski definition) is 2. The molecular weight excluding hydrogens is 220 g/mol. The molecule has 5 heteroatoms. The monoisotopic (exact) mass is 236 g/mol. The highest BCUT2D eigenvalue weighted by atomic mass is 16.5. The Morgan fingerprint density at radius 2 is 1.94 bits per heavy atom. The van der Waals surface area contributed by atoms with Crippen LogP contribution in [0.25, 0.3) is 0 Å². The number of ether oxygens (including phenoxy) is 1. The normalized spacial score (nSPS) is 9.71. The molecule has 0 aliphatic carbocycles. The van der Waals surface area contributed by atoms with Gasteiger partial charge in [0, 0.05) is 24.7 Å². The molecule has 0 bridgehead atoms. The maximum absolute atomic E-state index is 10.8. The number of rotatable bonds is 6. The first-order valence-corrected chi connectivity index (χ1v) is 5.36. The van der Waals surface area contributed by atoms with Gasteiger partial charge in [-0.3, -0.25) is 9.59 Å². The van der Waals surface area contributed by atoms with Gasteiger partial charge in [-0.25, -0.2) is 0 Å². The molecule has 0 aliphatic rings. The molecule has 17 heavy (non-hydrogen) atoms. The predicted octanol–water partition coefficient (Wildman–Crippen LogP) is 1.15. The van der Waals surface area contributed by atoms with Crippen molar-refractivity contribution < 1.29 is 14.3 Å². The van der Waals surface area contributed by atoms with Crippen molar-refractivity contribution in [1.29, 1.82) is 0 Å². The van der Waals surface area contributed by atoms with Crippen LogP contribution in [0.2, 0.25) is 0 Å². The van der Waals surface area contributed by atoms with Crippen molar-refractivity contribution in [2.24, 2.45) is 5.73 Å². The number of hydrogen-bond acceptors (Lipinski definition) is 4. The molecule has 0 heterocycles. The van der Waals surface area contributed by atoms with Gasteiger partial charge in [-0.15, -0.1) is 0 Å². The van der Waals surface area contributed by atoms with Gasteiger partial charge in [0.15, 0.2) is 0 Å². The van der Waals surface area contributed by atoms with Crippen molar-refractivity contribution in [2.75, 3.05) is 18.5 Å². The molecule has 0 fully saturated rings. The fourth-order valence-electron chi connectivity index (χ4n) is 1.27. The van der Waals surface area contributed by atoms with Crippen molar-refractivity contribution in [3.8, 4) is 0 Å². The first-order chi connectivity index (χ1) is 8.09. The van der Waals surface area contributed by atoms with Crippen LogP contribution >= 0.6 is 0 Å². The fourth-order valence-corrected chi connectivity index (χ4v) is 1.27.